The van der Waals surface area contributed by atoms with Crippen molar-refractivity contribution in [3.63, 3.8) is 0 Å². The highest BCUT2D eigenvalue weighted by Gasteiger charge is 2.29. The average Bonchev–Trinajstić information content (AvgIpc) is 2.83. The van der Waals surface area contributed by atoms with Gasteiger partial charge in [0, 0.05) is 11.1 Å². The molecule has 1 atom stereocenters. The molecule has 0 amide bonds. The smallest absolute Gasteiger partial charge is 0.338 e. The third-order valence-electron chi connectivity index (χ3n) is 3.05. The Morgan fingerprint density at radius 2 is 2.20 bits per heavy atom. The zero-order valence-electron chi connectivity index (χ0n) is 10.3. The molecular weight excluding hydrogens is 355 g/mol. The molecule has 0 bridgehead atoms. The Morgan fingerprint density at radius 3 is 2.75 bits per heavy atom. The zero-order chi connectivity index (χ0) is 14.9. The Bertz CT molecular complexity index is 637. The Hall–Kier alpha value is -0.990. The van der Waals surface area contributed by atoms with Crippen LogP contribution in [0.3, 0.4) is 0 Å². The van der Waals surface area contributed by atoms with E-state index in [9.17, 15) is 17.6 Å². The maximum absolute atomic E-state index is 14.1. The van der Waals surface area contributed by atoms with E-state index in [0.717, 1.165) is 12.1 Å². The number of carboxylic acids is 1. The predicted molar refractivity (Wildman–Crippen MR) is 72.0 cm³/mol. The van der Waals surface area contributed by atoms with E-state index in [-0.39, 0.29) is 16.1 Å². The summed E-state index contributed by atoms with van der Waals surface area (Å²) in [4.78, 5) is 10.3. The molecule has 1 unspecified atom stereocenters. The summed E-state index contributed by atoms with van der Waals surface area (Å²) in [6, 6.07) is 2.13. The maximum atomic E-state index is 14.1. The first-order chi connectivity index (χ1) is 9.31. The van der Waals surface area contributed by atoms with Crippen LogP contribution in [-0.2, 0) is 14.6 Å². The third kappa shape index (κ3) is 3.18. The molecule has 1 fully saturated rings. The maximum Gasteiger partial charge on any atom is 0.338 e. The second kappa shape index (κ2) is 5.79. The molecule has 110 valence electrons. The minimum Gasteiger partial charge on any atom is -0.478 e. The van der Waals surface area contributed by atoms with Crippen LogP contribution in [0.1, 0.15) is 16.8 Å². The number of hydrogen-bond acceptors (Lipinski definition) is 4. The van der Waals surface area contributed by atoms with E-state index in [1.807, 2.05) is 0 Å². The monoisotopic (exact) mass is 366 g/mol. The number of ether oxygens (including phenoxy) is 1. The van der Waals surface area contributed by atoms with Crippen molar-refractivity contribution in [2.24, 2.45) is 5.92 Å². The first kappa shape index (κ1) is 15.4. The van der Waals surface area contributed by atoms with Crippen LogP contribution >= 0.6 is 15.9 Å². The fourth-order valence-corrected chi connectivity index (χ4v) is 4.42. The SMILES string of the molecule is O=C(O)c1cc(Br)cc(S(=O)(=O)CC2CCOC2)c1F. The first-order valence-electron chi connectivity index (χ1n) is 5.84. The highest BCUT2D eigenvalue weighted by atomic mass is 79.9. The minimum atomic E-state index is -3.90. The van der Waals surface area contributed by atoms with Gasteiger partial charge in [-0.05, 0) is 24.5 Å². The van der Waals surface area contributed by atoms with Crippen LogP contribution in [0.15, 0.2) is 21.5 Å². The molecule has 0 saturated carbocycles. The van der Waals surface area contributed by atoms with Crippen molar-refractivity contribution in [2.45, 2.75) is 11.3 Å². The Kier molecular flexibility index (Phi) is 4.46. The Labute approximate surface area is 123 Å². The number of halogens is 2. The summed E-state index contributed by atoms with van der Waals surface area (Å²) in [5.41, 5.74) is -0.666. The van der Waals surface area contributed by atoms with Gasteiger partial charge in [-0.3, -0.25) is 0 Å². The van der Waals surface area contributed by atoms with Crippen LogP contribution in [0.4, 0.5) is 4.39 Å². The number of benzene rings is 1. The summed E-state index contributed by atoms with van der Waals surface area (Å²) < 4.78 is 43.8. The Balaban J connectivity index is 2.42. The summed E-state index contributed by atoms with van der Waals surface area (Å²) in [5, 5.41) is 8.89. The van der Waals surface area contributed by atoms with Gasteiger partial charge in [0.1, 0.15) is 4.90 Å². The van der Waals surface area contributed by atoms with Crippen LogP contribution in [0.25, 0.3) is 0 Å². The van der Waals surface area contributed by atoms with Crippen molar-refractivity contribution < 1.29 is 27.4 Å². The Morgan fingerprint density at radius 1 is 1.50 bits per heavy atom. The molecular formula is C12H12BrFO5S. The lowest BCUT2D eigenvalue weighted by Gasteiger charge is -2.11. The lowest BCUT2D eigenvalue weighted by molar-refractivity contribution is 0.0691. The van der Waals surface area contributed by atoms with E-state index in [0.29, 0.717) is 19.6 Å². The highest BCUT2D eigenvalue weighted by molar-refractivity contribution is 9.10. The molecule has 1 heterocycles. The van der Waals surface area contributed by atoms with Crippen molar-refractivity contribution in [1.82, 2.24) is 0 Å². The number of carbonyl (C=O) groups is 1. The van der Waals surface area contributed by atoms with E-state index < -0.39 is 32.1 Å². The molecule has 2 rings (SSSR count). The fraction of sp³-hybridized carbons (Fsp3) is 0.417. The van der Waals surface area contributed by atoms with E-state index in [1.165, 1.54) is 0 Å². The summed E-state index contributed by atoms with van der Waals surface area (Å²) in [7, 11) is -3.90. The van der Waals surface area contributed by atoms with Crippen molar-refractivity contribution in [1.29, 1.82) is 0 Å². The number of aromatic carboxylic acids is 1. The second-order valence-electron chi connectivity index (χ2n) is 4.58. The highest BCUT2D eigenvalue weighted by Crippen LogP contribution is 2.27. The molecule has 20 heavy (non-hydrogen) atoms. The topological polar surface area (TPSA) is 80.7 Å². The summed E-state index contributed by atoms with van der Waals surface area (Å²) in [6.45, 7) is 0.808. The zero-order valence-corrected chi connectivity index (χ0v) is 12.7. The van der Waals surface area contributed by atoms with Gasteiger partial charge in [0.25, 0.3) is 0 Å². The first-order valence-corrected chi connectivity index (χ1v) is 8.28. The van der Waals surface area contributed by atoms with Crippen molar-refractivity contribution in [3.8, 4) is 0 Å². The van der Waals surface area contributed by atoms with Crippen LogP contribution in [0.5, 0.6) is 0 Å². The van der Waals surface area contributed by atoms with Gasteiger partial charge in [0.15, 0.2) is 15.7 Å². The molecule has 1 aliphatic rings. The molecule has 1 aliphatic heterocycles. The standard InChI is InChI=1S/C12H12BrFO5S/c13-8-3-9(12(15)16)11(14)10(4-8)20(17,18)6-7-1-2-19-5-7/h3-4,7H,1-2,5-6H2,(H,15,16). The number of sulfone groups is 1. The van der Waals surface area contributed by atoms with Crippen molar-refractivity contribution >= 4 is 31.7 Å². The quantitative estimate of drug-likeness (QED) is 0.882. The van der Waals surface area contributed by atoms with Gasteiger partial charge in [0.2, 0.25) is 0 Å². The summed E-state index contributed by atoms with van der Waals surface area (Å²) >= 11 is 3.00. The van der Waals surface area contributed by atoms with Crippen LogP contribution in [0.2, 0.25) is 0 Å². The van der Waals surface area contributed by atoms with Crippen molar-refractivity contribution in [3.05, 3.63) is 28.0 Å². The van der Waals surface area contributed by atoms with Gasteiger partial charge in [-0.25, -0.2) is 17.6 Å². The van der Waals surface area contributed by atoms with Gasteiger partial charge in [-0.15, -0.1) is 0 Å². The summed E-state index contributed by atoms with van der Waals surface area (Å²) in [5.74, 6) is -3.17. The normalized spacial score (nSPS) is 19.2. The molecule has 0 aliphatic carbocycles. The lowest BCUT2D eigenvalue weighted by atomic mass is 10.2. The van der Waals surface area contributed by atoms with Gasteiger partial charge in [0.05, 0.1) is 17.9 Å². The number of rotatable bonds is 4. The molecule has 8 heteroatoms. The van der Waals surface area contributed by atoms with Gasteiger partial charge >= 0.3 is 5.97 Å². The molecule has 1 aromatic carbocycles. The van der Waals surface area contributed by atoms with Gasteiger partial charge in [-0.2, -0.15) is 0 Å². The van der Waals surface area contributed by atoms with E-state index in [1.54, 1.807) is 0 Å². The van der Waals surface area contributed by atoms with Crippen LogP contribution in [0, 0.1) is 11.7 Å². The van der Waals surface area contributed by atoms with Crippen molar-refractivity contribution in [2.75, 3.05) is 19.0 Å². The lowest BCUT2D eigenvalue weighted by Crippen LogP contribution is -2.19. The van der Waals surface area contributed by atoms with Gasteiger partial charge in [-0.1, -0.05) is 15.9 Å². The molecule has 1 saturated heterocycles. The molecule has 1 aromatic rings. The summed E-state index contributed by atoms with van der Waals surface area (Å²) in [6.07, 6.45) is 0.598. The average molecular weight is 367 g/mol. The molecule has 0 spiro atoms. The second-order valence-corrected chi connectivity index (χ2v) is 7.50. The van der Waals surface area contributed by atoms with Crippen LogP contribution < -0.4 is 0 Å². The van der Waals surface area contributed by atoms with E-state index >= 15 is 0 Å². The van der Waals surface area contributed by atoms with E-state index in [4.69, 9.17) is 9.84 Å². The number of carboxylic acid groups (broad SMARTS) is 1. The third-order valence-corrected chi connectivity index (χ3v) is 5.38. The van der Waals surface area contributed by atoms with Gasteiger partial charge < -0.3 is 9.84 Å². The predicted octanol–water partition coefficient (Wildman–Crippen LogP) is 2.10. The molecule has 5 nitrogen and oxygen atoms in total. The van der Waals surface area contributed by atoms with E-state index in [2.05, 4.69) is 15.9 Å². The molecule has 0 radical (unpaired) electrons. The van der Waals surface area contributed by atoms with Crippen LogP contribution in [-0.4, -0.2) is 38.5 Å². The fourth-order valence-electron chi connectivity index (χ4n) is 2.06. The molecule has 1 N–H and O–H groups in total. The largest absolute Gasteiger partial charge is 0.478 e. The minimum absolute atomic E-state index is 0.188. The number of hydrogen-bond donors (Lipinski definition) is 1. The molecule has 0 aromatic heterocycles.